The Balaban J connectivity index is 2.49. The summed E-state index contributed by atoms with van der Waals surface area (Å²) in [4.78, 5) is 4.17. The van der Waals surface area contributed by atoms with Crippen molar-refractivity contribution in [2.24, 2.45) is 0 Å². The van der Waals surface area contributed by atoms with Crippen molar-refractivity contribution in [2.45, 2.75) is 19.9 Å². The van der Waals surface area contributed by atoms with E-state index in [-0.39, 0.29) is 13.2 Å². The zero-order valence-electron chi connectivity index (χ0n) is 9.88. The Kier molecular flexibility index (Phi) is 5.47. The largest absolute Gasteiger partial charge is 0.396 e. The Hall–Kier alpha value is -0.540. The molecular formula is C9H17N3O3S2. The molecule has 0 saturated carbocycles. The summed E-state index contributed by atoms with van der Waals surface area (Å²) in [5, 5.41) is 11.3. The fourth-order valence-electron chi connectivity index (χ4n) is 1.16. The Labute approximate surface area is 105 Å². The number of aromatic nitrogens is 1. The molecule has 0 bridgehead atoms. The van der Waals surface area contributed by atoms with E-state index in [0.29, 0.717) is 13.0 Å². The van der Waals surface area contributed by atoms with Crippen molar-refractivity contribution in [3.8, 4) is 0 Å². The summed E-state index contributed by atoms with van der Waals surface area (Å²) in [5.41, 5.74) is 0.887. The number of thiazole rings is 1. The molecular weight excluding hydrogens is 262 g/mol. The minimum Gasteiger partial charge on any atom is -0.396 e. The maximum Gasteiger partial charge on any atom is 0.279 e. The molecule has 0 saturated heterocycles. The standard InChI is InChI=1S/C9H17N3O3S2/c1-8-7-16-9(11-8)6-10-17(14,15)12(2)4-3-5-13/h7,10,13H,3-6H2,1-2H3. The van der Waals surface area contributed by atoms with Crippen LogP contribution in [0.2, 0.25) is 0 Å². The highest BCUT2D eigenvalue weighted by atomic mass is 32.2. The van der Waals surface area contributed by atoms with Crippen LogP contribution in [-0.2, 0) is 16.8 Å². The Morgan fingerprint density at radius 1 is 1.59 bits per heavy atom. The van der Waals surface area contributed by atoms with Crippen LogP contribution >= 0.6 is 11.3 Å². The first-order valence-corrected chi connectivity index (χ1v) is 7.50. The predicted octanol–water partition coefficient (Wildman–Crippen LogP) is 0.100. The lowest BCUT2D eigenvalue weighted by molar-refractivity contribution is 0.275. The molecule has 0 unspecified atom stereocenters. The van der Waals surface area contributed by atoms with Gasteiger partial charge >= 0.3 is 0 Å². The van der Waals surface area contributed by atoms with E-state index in [9.17, 15) is 8.42 Å². The molecule has 0 radical (unpaired) electrons. The van der Waals surface area contributed by atoms with Crippen molar-refractivity contribution in [3.05, 3.63) is 16.1 Å². The molecule has 2 N–H and O–H groups in total. The van der Waals surface area contributed by atoms with E-state index < -0.39 is 10.2 Å². The number of nitrogens with one attached hydrogen (secondary N) is 1. The molecule has 1 aromatic rings. The van der Waals surface area contributed by atoms with Crippen LogP contribution in [0.15, 0.2) is 5.38 Å². The monoisotopic (exact) mass is 279 g/mol. The van der Waals surface area contributed by atoms with Gasteiger partial charge in [0.1, 0.15) is 5.01 Å². The van der Waals surface area contributed by atoms with Crippen molar-refractivity contribution in [3.63, 3.8) is 0 Å². The molecule has 0 aromatic carbocycles. The minimum absolute atomic E-state index is 0.0223. The Morgan fingerprint density at radius 2 is 2.29 bits per heavy atom. The van der Waals surface area contributed by atoms with Crippen LogP contribution in [0.25, 0.3) is 0 Å². The van der Waals surface area contributed by atoms with E-state index in [4.69, 9.17) is 5.11 Å². The molecule has 0 aliphatic heterocycles. The highest BCUT2D eigenvalue weighted by Crippen LogP contribution is 2.08. The molecule has 1 heterocycles. The van der Waals surface area contributed by atoms with Gasteiger partial charge in [0.05, 0.1) is 6.54 Å². The molecule has 0 fully saturated rings. The van der Waals surface area contributed by atoms with Gasteiger partial charge in [0, 0.05) is 31.3 Å². The van der Waals surface area contributed by atoms with Gasteiger partial charge in [-0.2, -0.15) is 17.4 Å². The lowest BCUT2D eigenvalue weighted by atomic mass is 10.5. The fourth-order valence-corrected chi connectivity index (χ4v) is 2.87. The number of aliphatic hydroxyl groups is 1. The van der Waals surface area contributed by atoms with E-state index >= 15 is 0 Å². The molecule has 0 aliphatic carbocycles. The third-order valence-electron chi connectivity index (χ3n) is 2.11. The Bertz CT molecular complexity index is 444. The third kappa shape index (κ3) is 4.68. The number of hydrogen-bond acceptors (Lipinski definition) is 5. The lowest BCUT2D eigenvalue weighted by Gasteiger charge is -2.16. The van der Waals surface area contributed by atoms with E-state index in [1.807, 2.05) is 12.3 Å². The summed E-state index contributed by atoms with van der Waals surface area (Å²) in [6, 6.07) is 0. The highest BCUT2D eigenvalue weighted by Gasteiger charge is 2.16. The summed E-state index contributed by atoms with van der Waals surface area (Å²) in [6.07, 6.45) is 0.424. The Morgan fingerprint density at radius 3 is 2.82 bits per heavy atom. The molecule has 0 amide bonds. The van der Waals surface area contributed by atoms with Gasteiger partial charge in [-0.05, 0) is 13.3 Å². The molecule has 6 nitrogen and oxygen atoms in total. The van der Waals surface area contributed by atoms with E-state index in [2.05, 4.69) is 9.71 Å². The van der Waals surface area contributed by atoms with Crippen molar-refractivity contribution >= 4 is 21.5 Å². The van der Waals surface area contributed by atoms with Gasteiger partial charge < -0.3 is 5.11 Å². The van der Waals surface area contributed by atoms with Crippen LogP contribution in [0.5, 0.6) is 0 Å². The first-order chi connectivity index (χ1) is 7.95. The van der Waals surface area contributed by atoms with Crippen molar-refractivity contribution in [1.29, 1.82) is 0 Å². The molecule has 0 atom stereocenters. The van der Waals surface area contributed by atoms with Gasteiger partial charge in [-0.1, -0.05) is 0 Å². The first kappa shape index (κ1) is 14.5. The molecule has 98 valence electrons. The second-order valence-corrected chi connectivity index (χ2v) is 6.41. The molecule has 0 spiro atoms. The summed E-state index contributed by atoms with van der Waals surface area (Å²) in [6.45, 7) is 2.33. The van der Waals surface area contributed by atoms with E-state index in [1.165, 1.54) is 22.7 Å². The average Bonchev–Trinajstić information content (AvgIpc) is 2.69. The second kappa shape index (κ2) is 6.41. The first-order valence-electron chi connectivity index (χ1n) is 5.18. The second-order valence-electron chi connectivity index (χ2n) is 3.61. The number of aryl methyl sites for hydroxylation is 1. The van der Waals surface area contributed by atoms with E-state index in [1.54, 1.807) is 0 Å². The summed E-state index contributed by atoms with van der Waals surface area (Å²) >= 11 is 1.42. The number of rotatable bonds is 7. The molecule has 8 heteroatoms. The van der Waals surface area contributed by atoms with Gasteiger partial charge in [-0.15, -0.1) is 11.3 Å². The lowest BCUT2D eigenvalue weighted by Crippen LogP contribution is -2.38. The highest BCUT2D eigenvalue weighted by molar-refractivity contribution is 7.87. The molecule has 0 aliphatic rings. The quantitative estimate of drug-likeness (QED) is 0.741. The zero-order chi connectivity index (χ0) is 12.9. The topological polar surface area (TPSA) is 82.5 Å². The number of nitrogens with zero attached hydrogens (tertiary/aromatic N) is 2. The van der Waals surface area contributed by atoms with Crippen molar-refractivity contribution < 1.29 is 13.5 Å². The van der Waals surface area contributed by atoms with Gasteiger partial charge in [0.2, 0.25) is 0 Å². The number of aliphatic hydroxyl groups excluding tert-OH is 1. The van der Waals surface area contributed by atoms with Crippen LogP contribution < -0.4 is 4.72 Å². The summed E-state index contributed by atoms with van der Waals surface area (Å²) in [5.74, 6) is 0. The van der Waals surface area contributed by atoms with Crippen LogP contribution in [0, 0.1) is 6.92 Å². The molecule has 1 aromatic heterocycles. The maximum absolute atomic E-state index is 11.7. The molecule has 1 rings (SSSR count). The maximum atomic E-state index is 11.7. The van der Waals surface area contributed by atoms with Crippen LogP contribution in [0.4, 0.5) is 0 Å². The summed E-state index contributed by atoms with van der Waals surface area (Å²) < 4.78 is 27.1. The van der Waals surface area contributed by atoms with Gasteiger partial charge in [-0.25, -0.2) is 4.98 Å². The van der Waals surface area contributed by atoms with Gasteiger partial charge in [-0.3, -0.25) is 0 Å². The summed E-state index contributed by atoms with van der Waals surface area (Å²) in [7, 11) is -2.01. The van der Waals surface area contributed by atoms with Crippen LogP contribution in [0.1, 0.15) is 17.1 Å². The third-order valence-corrected chi connectivity index (χ3v) is 4.59. The van der Waals surface area contributed by atoms with Crippen LogP contribution in [-0.4, -0.2) is 43.0 Å². The van der Waals surface area contributed by atoms with Crippen molar-refractivity contribution in [1.82, 2.24) is 14.0 Å². The number of hydrogen-bond donors (Lipinski definition) is 2. The van der Waals surface area contributed by atoms with E-state index in [0.717, 1.165) is 10.7 Å². The average molecular weight is 279 g/mol. The molecule has 17 heavy (non-hydrogen) atoms. The predicted molar refractivity (Wildman–Crippen MR) is 66.9 cm³/mol. The smallest absolute Gasteiger partial charge is 0.279 e. The van der Waals surface area contributed by atoms with Gasteiger partial charge in [0.25, 0.3) is 10.2 Å². The zero-order valence-corrected chi connectivity index (χ0v) is 11.5. The van der Waals surface area contributed by atoms with Crippen LogP contribution in [0.3, 0.4) is 0 Å². The normalized spacial score (nSPS) is 12.2. The van der Waals surface area contributed by atoms with Crippen molar-refractivity contribution in [2.75, 3.05) is 20.2 Å². The SMILES string of the molecule is Cc1csc(CNS(=O)(=O)N(C)CCCO)n1. The minimum atomic E-state index is -3.48. The fraction of sp³-hybridized carbons (Fsp3) is 0.667. The van der Waals surface area contributed by atoms with Gasteiger partial charge in [0.15, 0.2) is 0 Å².